The Hall–Kier alpha value is -1.70. The van der Waals surface area contributed by atoms with Crippen LogP contribution < -0.4 is 0 Å². The molecule has 0 saturated heterocycles. The molecule has 1 aromatic carbocycles. The molecule has 0 bridgehead atoms. The van der Waals surface area contributed by atoms with Crippen LogP contribution >= 0.6 is 0 Å². The van der Waals surface area contributed by atoms with Crippen LogP contribution in [0, 0.1) is 6.92 Å². The van der Waals surface area contributed by atoms with Crippen LogP contribution in [-0.4, -0.2) is 12.1 Å². The Morgan fingerprint density at radius 1 is 1.36 bits per heavy atom. The Morgan fingerprint density at radius 3 is 2.57 bits per heavy atom. The molecule has 0 amide bonds. The first-order valence-corrected chi connectivity index (χ1v) is 4.38. The largest absolute Gasteiger partial charge is 0.299 e. The third-order valence-electron chi connectivity index (χ3n) is 2.03. The fourth-order valence-electron chi connectivity index (χ4n) is 1.22. The number of aryl methyl sites for hydroxylation is 1. The van der Waals surface area contributed by atoms with Gasteiger partial charge < -0.3 is 0 Å². The number of benzene rings is 1. The molecule has 0 spiro atoms. The lowest BCUT2D eigenvalue weighted by Gasteiger charge is -2.01. The van der Waals surface area contributed by atoms with Gasteiger partial charge in [0.2, 0.25) is 0 Å². The van der Waals surface area contributed by atoms with Gasteiger partial charge >= 0.3 is 0 Å². The summed E-state index contributed by atoms with van der Waals surface area (Å²) in [6.45, 7) is 3.45. The number of ketones is 1. The quantitative estimate of drug-likeness (QED) is 0.414. The summed E-state index contributed by atoms with van der Waals surface area (Å²) in [5, 5.41) is 0. The Morgan fingerprint density at radius 2 is 2.07 bits per heavy atom. The normalized spacial score (nSPS) is 10.4. The van der Waals surface area contributed by atoms with Crippen molar-refractivity contribution in [2.24, 2.45) is 0 Å². The Labute approximate surface area is 83.3 Å². The number of rotatable bonds is 3. The zero-order valence-electron chi connectivity index (χ0n) is 8.28. The van der Waals surface area contributed by atoms with Gasteiger partial charge in [0.1, 0.15) is 6.29 Å². The molecule has 1 rings (SSSR count). The molecule has 0 fully saturated rings. The number of allylic oxidation sites excluding steroid dienone is 1. The highest BCUT2D eigenvalue weighted by atomic mass is 16.1. The van der Waals surface area contributed by atoms with Crippen LogP contribution in [-0.2, 0) is 4.79 Å². The lowest BCUT2D eigenvalue weighted by molar-refractivity contribution is -0.104. The minimum absolute atomic E-state index is 0.0546. The fraction of sp³-hybridized carbons (Fsp3) is 0.167. The number of hydrogen-bond acceptors (Lipinski definition) is 2. The molecule has 0 unspecified atom stereocenters. The van der Waals surface area contributed by atoms with Crippen LogP contribution in [0.15, 0.2) is 24.3 Å². The first-order valence-electron chi connectivity index (χ1n) is 4.38. The molecule has 72 valence electrons. The standard InChI is InChI=1S/C12H12O2/c1-9-8-12(10(2)14)6-5-11(9)4-3-7-13/h3-8H,1-2H3. The van der Waals surface area contributed by atoms with Crippen LogP contribution in [0.3, 0.4) is 0 Å². The van der Waals surface area contributed by atoms with E-state index in [1.165, 1.54) is 13.0 Å². The van der Waals surface area contributed by atoms with Crippen molar-refractivity contribution in [3.63, 3.8) is 0 Å². The molecule has 0 heterocycles. The van der Waals surface area contributed by atoms with Gasteiger partial charge in [-0.2, -0.15) is 0 Å². The van der Waals surface area contributed by atoms with E-state index in [2.05, 4.69) is 0 Å². The van der Waals surface area contributed by atoms with Crippen LogP contribution in [0.1, 0.15) is 28.4 Å². The average Bonchev–Trinajstić information content (AvgIpc) is 2.15. The minimum Gasteiger partial charge on any atom is -0.299 e. The van der Waals surface area contributed by atoms with E-state index in [1.807, 2.05) is 19.1 Å². The first kappa shape index (κ1) is 10.4. The number of carbonyl (C=O) groups is 2. The van der Waals surface area contributed by atoms with Gasteiger partial charge in [-0.1, -0.05) is 18.2 Å². The summed E-state index contributed by atoms with van der Waals surface area (Å²) >= 11 is 0. The molecule has 2 heteroatoms. The SMILES string of the molecule is CC(=O)c1ccc(C=CC=O)c(C)c1. The molecule has 14 heavy (non-hydrogen) atoms. The van der Waals surface area contributed by atoms with Gasteiger partial charge in [-0.05, 0) is 37.1 Å². The third kappa shape index (κ3) is 2.39. The van der Waals surface area contributed by atoms with Crippen molar-refractivity contribution < 1.29 is 9.59 Å². The molecule has 0 aromatic heterocycles. The Balaban J connectivity index is 3.07. The summed E-state index contributed by atoms with van der Waals surface area (Å²) in [4.78, 5) is 21.2. The van der Waals surface area contributed by atoms with Gasteiger partial charge in [0.15, 0.2) is 5.78 Å². The summed E-state index contributed by atoms with van der Waals surface area (Å²) in [5.41, 5.74) is 2.66. The summed E-state index contributed by atoms with van der Waals surface area (Å²) < 4.78 is 0. The first-order chi connectivity index (χ1) is 6.65. The highest BCUT2D eigenvalue weighted by molar-refractivity contribution is 5.94. The second kappa shape index (κ2) is 4.51. The molecular weight excluding hydrogens is 176 g/mol. The van der Waals surface area contributed by atoms with E-state index in [9.17, 15) is 9.59 Å². The molecule has 0 saturated carbocycles. The molecule has 0 aliphatic carbocycles. The van der Waals surface area contributed by atoms with Crippen LogP contribution in [0.4, 0.5) is 0 Å². The van der Waals surface area contributed by atoms with Crippen LogP contribution in [0.25, 0.3) is 6.08 Å². The average molecular weight is 188 g/mol. The maximum Gasteiger partial charge on any atom is 0.159 e. The van der Waals surface area contributed by atoms with Crippen LogP contribution in [0.5, 0.6) is 0 Å². The molecule has 0 aliphatic heterocycles. The van der Waals surface area contributed by atoms with Crippen molar-refractivity contribution in [3.8, 4) is 0 Å². The Kier molecular flexibility index (Phi) is 3.35. The minimum atomic E-state index is 0.0546. The fourth-order valence-corrected chi connectivity index (χ4v) is 1.22. The predicted molar refractivity (Wildman–Crippen MR) is 56.3 cm³/mol. The monoisotopic (exact) mass is 188 g/mol. The number of Topliss-reactive ketones (excluding diaryl/α,β-unsaturated/α-hetero) is 1. The van der Waals surface area contributed by atoms with Crippen LogP contribution in [0.2, 0.25) is 0 Å². The lowest BCUT2D eigenvalue weighted by atomic mass is 10.0. The molecule has 0 aliphatic rings. The molecular formula is C12H12O2. The van der Waals surface area contributed by atoms with Crippen molar-refractivity contribution in [2.75, 3.05) is 0 Å². The van der Waals surface area contributed by atoms with Crippen molar-refractivity contribution in [1.82, 2.24) is 0 Å². The number of aldehydes is 1. The lowest BCUT2D eigenvalue weighted by Crippen LogP contribution is -1.93. The highest BCUT2D eigenvalue weighted by Gasteiger charge is 2.00. The van der Waals surface area contributed by atoms with Crippen molar-refractivity contribution in [1.29, 1.82) is 0 Å². The van der Waals surface area contributed by atoms with Gasteiger partial charge in [0, 0.05) is 5.56 Å². The van der Waals surface area contributed by atoms with E-state index >= 15 is 0 Å². The van der Waals surface area contributed by atoms with E-state index in [0.717, 1.165) is 17.4 Å². The summed E-state index contributed by atoms with van der Waals surface area (Å²) in [6.07, 6.45) is 3.90. The zero-order chi connectivity index (χ0) is 10.6. The Bertz CT molecular complexity index is 389. The summed E-state index contributed by atoms with van der Waals surface area (Å²) in [5.74, 6) is 0.0546. The number of carbonyl (C=O) groups excluding carboxylic acids is 2. The van der Waals surface area contributed by atoms with E-state index < -0.39 is 0 Å². The van der Waals surface area contributed by atoms with Gasteiger partial charge in [0.05, 0.1) is 0 Å². The molecule has 2 nitrogen and oxygen atoms in total. The van der Waals surface area contributed by atoms with Crippen molar-refractivity contribution in [2.45, 2.75) is 13.8 Å². The van der Waals surface area contributed by atoms with Crippen molar-refractivity contribution in [3.05, 3.63) is 41.0 Å². The molecule has 0 atom stereocenters. The van der Waals surface area contributed by atoms with E-state index in [1.54, 1.807) is 12.1 Å². The van der Waals surface area contributed by atoms with E-state index in [-0.39, 0.29) is 5.78 Å². The highest BCUT2D eigenvalue weighted by Crippen LogP contribution is 2.12. The summed E-state index contributed by atoms with van der Waals surface area (Å²) in [6, 6.07) is 5.43. The smallest absolute Gasteiger partial charge is 0.159 e. The van der Waals surface area contributed by atoms with Gasteiger partial charge in [-0.15, -0.1) is 0 Å². The van der Waals surface area contributed by atoms with Crippen molar-refractivity contribution >= 4 is 18.1 Å². The zero-order valence-corrected chi connectivity index (χ0v) is 8.28. The molecule has 1 aromatic rings. The maximum atomic E-state index is 11.0. The topological polar surface area (TPSA) is 34.1 Å². The van der Waals surface area contributed by atoms with Gasteiger partial charge in [-0.3, -0.25) is 9.59 Å². The van der Waals surface area contributed by atoms with Gasteiger partial charge in [-0.25, -0.2) is 0 Å². The van der Waals surface area contributed by atoms with Gasteiger partial charge in [0.25, 0.3) is 0 Å². The molecule has 0 N–H and O–H groups in total. The van der Waals surface area contributed by atoms with E-state index in [0.29, 0.717) is 5.56 Å². The molecule has 0 radical (unpaired) electrons. The second-order valence-electron chi connectivity index (χ2n) is 3.12. The predicted octanol–water partition coefficient (Wildman–Crippen LogP) is 2.41. The van der Waals surface area contributed by atoms with E-state index in [4.69, 9.17) is 0 Å². The second-order valence-corrected chi connectivity index (χ2v) is 3.12. The maximum absolute atomic E-state index is 11.0. The number of hydrogen-bond donors (Lipinski definition) is 0. The third-order valence-corrected chi connectivity index (χ3v) is 2.03. The summed E-state index contributed by atoms with van der Waals surface area (Å²) in [7, 11) is 0.